The quantitative estimate of drug-likeness (QED) is 0.829. The molecule has 1 aromatic heterocycles. The van der Waals surface area contributed by atoms with Gasteiger partial charge >= 0.3 is 0 Å². The van der Waals surface area contributed by atoms with Crippen molar-refractivity contribution in [2.24, 2.45) is 5.92 Å². The van der Waals surface area contributed by atoms with Crippen LogP contribution in [0.5, 0.6) is 5.88 Å². The van der Waals surface area contributed by atoms with Gasteiger partial charge in [-0.25, -0.2) is 4.98 Å². The Morgan fingerprint density at radius 1 is 1.21 bits per heavy atom. The molecule has 1 saturated heterocycles. The molecule has 1 aliphatic heterocycles. The summed E-state index contributed by atoms with van der Waals surface area (Å²) < 4.78 is 5.71. The number of pyridine rings is 1. The highest BCUT2D eigenvalue weighted by Crippen LogP contribution is 2.25. The van der Waals surface area contributed by atoms with Crippen LogP contribution in [0.4, 0.5) is 11.4 Å². The van der Waals surface area contributed by atoms with Gasteiger partial charge in [0.25, 0.3) is 5.91 Å². The van der Waals surface area contributed by atoms with Crippen LogP contribution < -0.4 is 15.0 Å². The van der Waals surface area contributed by atoms with Crippen molar-refractivity contribution in [1.82, 2.24) is 9.88 Å². The zero-order chi connectivity index (χ0) is 20.1. The Morgan fingerprint density at radius 3 is 2.64 bits per heavy atom. The van der Waals surface area contributed by atoms with Gasteiger partial charge in [0, 0.05) is 43.8 Å². The molecule has 1 amide bonds. The fraction of sp³-hybridized carbons (Fsp3) is 0.455. The van der Waals surface area contributed by atoms with Crippen molar-refractivity contribution < 1.29 is 9.53 Å². The first-order chi connectivity index (χ1) is 13.4. The molecule has 150 valence electrons. The Hall–Kier alpha value is -2.60. The lowest BCUT2D eigenvalue weighted by molar-refractivity contribution is 0.102. The molecule has 3 rings (SSSR count). The highest BCUT2D eigenvalue weighted by molar-refractivity contribution is 6.05. The number of carbonyl (C=O) groups excluding carboxylic acids is 1. The van der Waals surface area contributed by atoms with Crippen LogP contribution in [-0.4, -0.2) is 55.6 Å². The minimum atomic E-state index is -0.210. The smallest absolute Gasteiger partial charge is 0.261 e. The molecule has 0 unspecified atom stereocenters. The lowest BCUT2D eigenvalue weighted by Crippen LogP contribution is -2.44. The van der Waals surface area contributed by atoms with Gasteiger partial charge in [0.1, 0.15) is 5.56 Å². The van der Waals surface area contributed by atoms with Crippen molar-refractivity contribution in [1.29, 1.82) is 0 Å². The third-order valence-corrected chi connectivity index (χ3v) is 4.87. The molecule has 6 nitrogen and oxygen atoms in total. The van der Waals surface area contributed by atoms with Crippen molar-refractivity contribution >= 4 is 17.3 Å². The maximum Gasteiger partial charge on any atom is 0.261 e. The molecule has 0 aliphatic carbocycles. The molecule has 1 aromatic carbocycles. The Bertz CT molecular complexity index is 814. The predicted molar refractivity (Wildman–Crippen MR) is 113 cm³/mol. The van der Waals surface area contributed by atoms with E-state index >= 15 is 0 Å². The van der Waals surface area contributed by atoms with Crippen LogP contribution in [0, 0.1) is 12.8 Å². The van der Waals surface area contributed by atoms with Crippen LogP contribution in [0.15, 0.2) is 36.5 Å². The summed E-state index contributed by atoms with van der Waals surface area (Å²) in [7, 11) is 2.15. The lowest BCUT2D eigenvalue weighted by Gasteiger charge is -2.35. The molecule has 0 bridgehead atoms. The first-order valence-corrected chi connectivity index (χ1v) is 9.87. The number of piperazine rings is 1. The summed E-state index contributed by atoms with van der Waals surface area (Å²) in [5.41, 5.74) is 3.61. The van der Waals surface area contributed by atoms with Gasteiger partial charge in [-0.1, -0.05) is 13.8 Å². The number of likely N-dealkylation sites (N-methyl/N-ethyl adjacent to an activating group) is 1. The first kappa shape index (κ1) is 20.1. The number of benzene rings is 1. The molecule has 0 spiro atoms. The Morgan fingerprint density at radius 2 is 1.96 bits per heavy atom. The number of rotatable bonds is 6. The molecule has 28 heavy (non-hydrogen) atoms. The minimum Gasteiger partial charge on any atom is -0.477 e. The van der Waals surface area contributed by atoms with Crippen molar-refractivity contribution in [3.8, 4) is 5.88 Å². The van der Waals surface area contributed by atoms with Gasteiger partial charge in [-0.05, 0) is 55.8 Å². The second-order valence-electron chi connectivity index (χ2n) is 7.81. The van der Waals surface area contributed by atoms with Gasteiger partial charge in [0.05, 0.1) is 6.61 Å². The van der Waals surface area contributed by atoms with Gasteiger partial charge in [-0.15, -0.1) is 0 Å². The SMILES string of the molecule is Cc1cc(NC(=O)c2cccnc2OCC(C)C)ccc1N1CCN(C)CC1. The first-order valence-electron chi connectivity index (χ1n) is 9.87. The molecule has 0 saturated carbocycles. The fourth-order valence-electron chi connectivity index (χ4n) is 3.26. The van der Waals surface area contributed by atoms with E-state index in [1.807, 2.05) is 12.1 Å². The van der Waals surface area contributed by atoms with Gasteiger partial charge in [0.15, 0.2) is 0 Å². The number of hydrogen-bond acceptors (Lipinski definition) is 5. The molecule has 1 N–H and O–H groups in total. The predicted octanol–water partition coefficient (Wildman–Crippen LogP) is 3.43. The van der Waals surface area contributed by atoms with E-state index in [2.05, 4.69) is 54.0 Å². The van der Waals surface area contributed by atoms with Gasteiger partial charge in [-0.2, -0.15) is 0 Å². The van der Waals surface area contributed by atoms with Gasteiger partial charge in [0.2, 0.25) is 5.88 Å². The van der Waals surface area contributed by atoms with E-state index in [1.54, 1.807) is 18.3 Å². The van der Waals surface area contributed by atoms with Gasteiger partial charge < -0.3 is 19.9 Å². The third-order valence-electron chi connectivity index (χ3n) is 4.87. The van der Waals surface area contributed by atoms with E-state index < -0.39 is 0 Å². The number of carbonyl (C=O) groups is 1. The second-order valence-corrected chi connectivity index (χ2v) is 7.81. The highest BCUT2D eigenvalue weighted by Gasteiger charge is 2.17. The van der Waals surface area contributed by atoms with E-state index in [9.17, 15) is 4.79 Å². The van der Waals surface area contributed by atoms with Crippen molar-refractivity contribution in [2.45, 2.75) is 20.8 Å². The van der Waals surface area contributed by atoms with Crippen LogP contribution in [0.1, 0.15) is 29.8 Å². The molecule has 0 radical (unpaired) electrons. The number of aromatic nitrogens is 1. The summed E-state index contributed by atoms with van der Waals surface area (Å²) in [5.74, 6) is 0.528. The summed E-state index contributed by atoms with van der Waals surface area (Å²) in [5, 5.41) is 2.98. The molecule has 6 heteroatoms. The standard InChI is InChI=1S/C22H30N4O2/c1-16(2)15-28-22-19(6-5-9-23-22)21(27)24-18-7-8-20(17(3)14-18)26-12-10-25(4)11-13-26/h5-9,14,16H,10-13,15H2,1-4H3,(H,24,27). The van der Waals surface area contributed by atoms with Gasteiger partial charge in [-0.3, -0.25) is 4.79 Å². The number of hydrogen-bond donors (Lipinski definition) is 1. The topological polar surface area (TPSA) is 57.7 Å². The summed E-state index contributed by atoms with van der Waals surface area (Å²) in [6.07, 6.45) is 1.64. The highest BCUT2D eigenvalue weighted by atomic mass is 16.5. The van der Waals surface area contributed by atoms with Crippen LogP contribution in [0.2, 0.25) is 0 Å². The summed E-state index contributed by atoms with van der Waals surface area (Å²) in [4.78, 5) is 21.7. The number of ether oxygens (including phenoxy) is 1. The minimum absolute atomic E-state index is 0.210. The number of nitrogens with zero attached hydrogens (tertiary/aromatic N) is 3. The summed E-state index contributed by atoms with van der Waals surface area (Å²) in [6, 6.07) is 9.57. The number of nitrogens with one attached hydrogen (secondary N) is 1. The third kappa shape index (κ3) is 5.01. The van der Waals surface area contributed by atoms with Crippen molar-refractivity contribution in [3.63, 3.8) is 0 Å². The zero-order valence-electron chi connectivity index (χ0n) is 17.2. The largest absolute Gasteiger partial charge is 0.477 e. The lowest BCUT2D eigenvalue weighted by atomic mass is 10.1. The average Bonchev–Trinajstić information content (AvgIpc) is 2.67. The number of aryl methyl sites for hydroxylation is 1. The van der Waals surface area contributed by atoms with Crippen LogP contribution in [0.25, 0.3) is 0 Å². The molecule has 0 atom stereocenters. The average molecular weight is 383 g/mol. The molecule has 2 aromatic rings. The molecule has 2 heterocycles. The van der Waals surface area contributed by atoms with Crippen LogP contribution >= 0.6 is 0 Å². The van der Waals surface area contributed by atoms with Crippen molar-refractivity contribution in [3.05, 3.63) is 47.7 Å². The maximum atomic E-state index is 12.8. The van der Waals surface area contributed by atoms with E-state index in [4.69, 9.17) is 4.74 Å². The molecular weight excluding hydrogens is 352 g/mol. The normalized spacial score (nSPS) is 15.0. The number of anilines is 2. The fourth-order valence-corrected chi connectivity index (χ4v) is 3.26. The second kappa shape index (κ2) is 9.06. The summed E-state index contributed by atoms with van der Waals surface area (Å²) in [6.45, 7) is 10.9. The Balaban J connectivity index is 1.70. The van der Waals surface area contributed by atoms with Crippen LogP contribution in [-0.2, 0) is 0 Å². The summed E-state index contributed by atoms with van der Waals surface area (Å²) >= 11 is 0. The Kier molecular flexibility index (Phi) is 6.52. The molecular formula is C22H30N4O2. The maximum absolute atomic E-state index is 12.8. The Labute approximate surface area is 167 Å². The number of amides is 1. The molecule has 1 aliphatic rings. The van der Waals surface area contributed by atoms with Crippen molar-refractivity contribution in [2.75, 3.05) is 50.1 Å². The van der Waals surface area contributed by atoms with E-state index in [1.165, 1.54) is 5.69 Å². The molecule has 1 fully saturated rings. The van der Waals surface area contributed by atoms with E-state index in [0.29, 0.717) is 24.0 Å². The van der Waals surface area contributed by atoms with E-state index in [0.717, 1.165) is 37.4 Å². The monoisotopic (exact) mass is 382 g/mol. The zero-order valence-corrected chi connectivity index (χ0v) is 17.2. The van der Waals surface area contributed by atoms with Crippen LogP contribution in [0.3, 0.4) is 0 Å². The van der Waals surface area contributed by atoms with E-state index in [-0.39, 0.29) is 5.91 Å².